The molecule has 9 heteroatoms. The molecule has 226 valence electrons. The van der Waals surface area contributed by atoms with Gasteiger partial charge in [-0.15, -0.1) is 0 Å². The second-order valence-corrected chi connectivity index (χ2v) is 10.5. The van der Waals surface area contributed by atoms with Crippen molar-refractivity contribution in [2.24, 2.45) is 0 Å². The number of hydrogen-bond donors (Lipinski definition) is 6. The quantitative estimate of drug-likeness (QED) is 0.0938. The number of aliphatic hydroxyl groups is 1. The van der Waals surface area contributed by atoms with E-state index >= 15 is 0 Å². The zero-order valence-corrected chi connectivity index (χ0v) is 24.1. The summed E-state index contributed by atoms with van der Waals surface area (Å²) in [5.41, 5.74) is 5.07. The number of aromatic amines is 1. The number of phenols is 1. The molecule has 0 spiro atoms. The number of fused-ring (bicyclic) bond motifs is 1. The van der Waals surface area contributed by atoms with Gasteiger partial charge in [-0.2, -0.15) is 0 Å². The number of benzene rings is 4. The summed E-state index contributed by atoms with van der Waals surface area (Å²) in [5, 5.41) is 36.5. The second-order valence-electron chi connectivity index (χ2n) is 10.5. The average Bonchev–Trinajstić information content (AvgIpc) is 3.02. The number of phenolic OH excluding ortho intramolecular Hbond substituents is 1. The number of amides is 1. The summed E-state index contributed by atoms with van der Waals surface area (Å²) in [4.78, 5) is 25.6. The minimum Gasteiger partial charge on any atom is -0.506 e. The Morgan fingerprint density at radius 3 is 2.52 bits per heavy atom. The van der Waals surface area contributed by atoms with E-state index in [0.29, 0.717) is 41.9 Å². The van der Waals surface area contributed by atoms with Gasteiger partial charge in [0.1, 0.15) is 11.5 Å². The minimum absolute atomic E-state index is 0.0385. The predicted octanol–water partition coefficient (Wildman–Crippen LogP) is 5.87. The lowest BCUT2D eigenvalue weighted by molar-refractivity contribution is 0.176. The van der Waals surface area contributed by atoms with Gasteiger partial charge in [-0.25, -0.2) is 4.79 Å². The van der Waals surface area contributed by atoms with Gasteiger partial charge in [0.25, 0.3) is 0 Å². The van der Waals surface area contributed by atoms with Gasteiger partial charge in [0, 0.05) is 23.6 Å². The van der Waals surface area contributed by atoms with Crippen LogP contribution >= 0.6 is 0 Å². The normalized spacial score (nSPS) is 11.8. The lowest BCUT2D eigenvalue weighted by atomic mass is 10.00. The highest BCUT2D eigenvalue weighted by molar-refractivity contribution is 5.91. The Labute approximate surface area is 254 Å². The number of aromatic nitrogens is 1. The van der Waals surface area contributed by atoms with Crippen molar-refractivity contribution in [3.63, 3.8) is 0 Å². The first-order valence-electron chi connectivity index (χ1n) is 14.5. The van der Waals surface area contributed by atoms with Gasteiger partial charge in [0.05, 0.1) is 23.9 Å². The Balaban J connectivity index is 1.09. The van der Waals surface area contributed by atoms with Crippen LogP contribution in [0, 0.1) is 0 Å². The summed E-state index contributed by atoms with van der Waals surface area (Å²) in [6.45, 7) is 1.46. The molecular formula is C35H35N3O6. The maximum Gasteiger partial charge on any atom is 0.409 e. The molecule has 1 amide bonds. The Morgan fingerprint density at radius 1 is 0.886 bits per heavy atom. The lowest BCUT2D eigenvalue weighted by Crippen LogP contribution is -2.24. The van der Waals surface area contributed by atoms with Crippen molar-refractivity contribution in [1.82, 2.24) is 10.3 Å². The molecule has 0 bridgehead atoms. The van der Waals surface area contributed by atoms with Crippen LogP contribution in [0.3, 0.4) is 0 Å². The lowest BCUT2D eigenvalue weighted by Gasteiger charge is -2.15. The minimum atomic E-state index is -1.10. The van der Waals surface area contributed by atoms with Crippen molar-refractivity contribution in [2.45, 2.75) is 25.4 Å². The van der Waals surface area contributed by atoms with Gasteiger partial charge < -0.3 is 30.4 Å². The van der Waals surface area contributed by atoms with Crippen LogP contribution in [-0.4, -0.2) is 46.1 Å². The number of aryl methyl sites for hydroxylation is 1. The van der Waals surface area contributed by atoms with Crippen LogP contribution in [0.5, 0.6) is 11.5 Å². The molecule has 5 rings (SSSR count). The van der Waals surface area contributed by atoms with E-state index in [-0.39, 0.29) is 11.3 Å². The molecule has 6 N–H and O–H groups in total. The third-order valence-corrected chi connectivity index (χ3v) is 7.38. The third-order valence-electron chi connectivity index (χ3n) is 7.38. The van der Waals surface area contributed by atoms with Crippen molar-refractivity contribution in [2.75, 3.05) is 25.0 Å². The molecule has 0 saturated carbocycles. The van der Waals surface area contributed by atoms with Crippen molar-refractivity contribution in [3.05, 3.63) is 124 Å². The van der Waals surface area contributed by atoms with Gasteiger partial charge in [-0.05, 0) is 78.4 Å². The van der Waals surface area contributed by atoms with E-state index < -0.39 is 12.2 Å². The van der Waals surface area contributed by atoms with E-state index in [0.717, 1.165) is 47.3 Å². The molecule has 1 unspecified atom stereocenters. The molecule has 1 aromatic heterocycles. The smallest absolute Gasteiger partial charge is 0.409 e. The van der Waals surface area contributed by atoms with E-state index in [1.165, 1.54) is 12.1 Å². The van der Waals surface area contributed by atoms with Crippen LogP contribution < -0.4 is 20.9 Å². The van der Waals surface area contributed by atoms with E-state index in [4.69, 9.17) is 4.74 Å². The molecule has 0 aliphatic heterocycles. The number of carbonyl (C=O) groups is 1. The number of pyridine rings is 1. The third kappa shape index (κ3) is 7.83. The van der Waals surface area contributed by atoms with Gasteiger partial charge in [0.2, 0.25) is 5.56 Å². The number of ether oxygens (including phenoxy) is 1. The van der Waals surface area contributed by atoms with Gasteiger partial charge in [-0.3, -0.25) is 10.1 Å². The first-order chi connectivity index (χ1) is 21.4. The number of rotatable bonds is 13. The monoisotopic (exact) mass is 593 g/mol. The molecular weight excluding hydrogens is 558 g/mol. The number of nitrogens with one attached hydrogen (secondary N) is 3. The van der Waals surface area contributed by atoms with Gasteiger partial charge in [-0.1, -0.05) is 60.7 Å². The number of hydrogen-bond acceptors (Lipinski definition) is 6. The highest BCUT2D eigenvalue weighted by Gasteiger charge is 2.14. The maximum absolute atomic E-state index is 11.6. The standard InChI is InChI=1S/C35H35N3O6/c39-31-15-13-28(29-14-16-33(41)38-34(29)31)32(40)22-36-18-17-24-6-4-10-26(20-24)44-19-5-7-23-11-12-27(25-8-2-1-3-9-25)30(21-23)37-35(42)43/h1-4,6,8-16,20-21,32,36-37,39-40H,5,7,17-19,22H2,(H,38,41)(H,42,43). The van der Waals surface area contributed by atoms with E-state index in [1.54, 1.807) is 12.1 Å². The second kappa shape index (κ2) is 14.4. The Kier molecular flexibility index (Phi) is 9.91. The van der Waals surface area contributed by atoms with Crippen molar-refractivity contribution < 1.29 is 24.9 Å². The van der Waals surface area contributed by atoms with Crippen LogP contribution in [-0.2, 0) is 12.8 Å². The van der Waals surface area contributed by atoms with Crippen LogP contribution in [0.15, 0.2) is 102 Å². The number of H-pyrrole nitrogens is 1. The summed E-state index contributed by atoms with van der Waals surface area (Å²) >= 11 is 0. The zero-order valence-electron chi connectivity index (χ0n) is 24.1. The first-order valence-corrected chi connectivity index (χ1v) is 14.5. The van der Waals surface area contributed by atoms with E-state index in [1.807, 2.05) is 72.8 Å². The van der Waals surface area contributed by atoms with Gasteiger partial charge >= 0.3 is 6.09 Å². The summed E-state index contributed by atoms with van der Waals surface area (Å²) in [6.07, 6.45) is 0.325. The fourth-order valence-electron chi connectivity index (χ4n) is 5.22. The molecule has 5 aromatic rings. The molecule has 4 aromatic carbocycles. The molecule has 1 heterocycles. The van der Waals surface area contributed by atoms with Crippen molar-refractivity contribution >= 4 is 22.7 Å². The molecule has 0 aliphatic carbocycles. The predicted molar refractivity (Wildman–Crippen MR) is 172 cm³/mol. The van der Waals surface area contributed by atoms with Crippen molar-refractivity contribution in [3.8, 4) is 22.6 Å². The average molecular weight is 594 g/mol. The molecule has 44 heavy (non-hydrogen) atoms. The maximum atomic E-state index is 11.6. The number of carboxylic acid groups (broad SMARTS) is 1. The Bertz CT molecular complexity index is 1790. The number of aliphatic hydroxyl groups excluding tert-OH is 1. The molecule has 1 atom stereocenters. The van der Waals surface area contributed by atoms with Crippen LogP contribution in [0.2, 0.25) is 0 Å². The SMILES string of the molecule is O=C(O)Nc1cc(CCCOc2cccc(CCNCC(O)c3ccc(O)c4[nH]c(=O)ccc34)c2)ccc1-c1ccccc1. The highest BCUT2D eigenvalue weighted by Crippen LogP contribution is 2.30. The highest BCUT2D eigenvalue weighted by atomic mass is 16.5. The topological polar surface area (TPSA) is 144 Å². The fraction of sp³-hybridized carbons (Fsp3) is 0.200. The van der Waals surface area contributed by atoms with E-state index in [9.17, 15) is 24.9 Å². The zero-order chi connectivity index (χ0) is 30.9. The van der Waals surface area contributed by atoms with E-state index in [2.05, 4.69) is 15.6 Å². The largest absolute Gasteiger partial charge is 0.506 e. The van der Waals surface area contributed by atoms with Crippen LogP contribution in [0.1, 0.15) is 29.2 Å². The fourth-order valence-corrected chi connectivity index (χ4v) is 5.22. The Morgan fingerprint density at radius 2 is 1.70 bits per heavy atom. The summed E-state index contributed by atoms with van der Waals surface area (Å²) in [7, 11) is 0. The molecule has 0 radical (unpaired) electrons. The Hall–Kier alpha value is -5.12. The molecule has 0 aliphatic rings. The molecule has 0 saturated heterocycles. The van der Waals surface area contributed by atoms with Crippen molar-refractivity contribution in [1.29, 1.82) is 0 Å². The number of aromatic hydroxyl groups is 1. The van der Waals surface area contributed by atoms with Crippen LogP contribution in [0.4, 0.5) is 10.5 Å². The summed E-state index contributed by atoms with van der Waals surface area (Å²) in [6, 6.07) is 29.5. The van der Waals surface area contributed by atoms with Gasteiger partial charge in [0.15, 0.2) is 0 Å². The summed E-state index contributed by atoms with van der Waals surface area (Å²) in [5.74, 6) is 0.739. The molecule has 0 fully saturated rings. The summed E-state index contributed by atoms with van der Waals surface area (Å²) < 4.78 is 6.00. The molecule has 9 nitrogen and oxygen atoms in total. The number of anilines is 1. The first kappa shape index (κ1) is 30.3. The van der Waals surface area contributed by atoms with Crippen LogP contribution in [0.25, 0.3) is 22.0 Å².